The molecule has 9 nitrogen and oxygen atoms in total. The molecule has 0 spiro atoms. The van der Waals surface area contributed by atoms with Gasteiger partial charge in [0.25, 0.3) is 5.56 Å². The number of aromatic nitrogens is 4. The predicted molar refractivity (Wildman–Crippen MR) is 115 cm³/mol. The Morgan fingerprint density at radius 1 is 1.23 bits per heavy atom. The number of carbonyl (C=O) groups excluding carboxylic acids is 1. The molecule has 0 aliphatic heterocycles. The normalized spacial score (nSPS) is 19.2. The average Bonchev–Trinajstić information content (AvgIpc) is 3.24. The van der Waals surface area contributed by atoms with Gasteiger partial charge in [0.2, 0.25) is 0 Å². The molecule has 2 aromatic rings. The average molecular weight is 417 g/mol. The Hall–Kier alpha value is -2.84. The number of nitrogens with one attached hydrogen (secondary N) is 2. The molecule has 1 saturated carbocycles. The molecule has 164 valence electrons. The number of amides is 1. The maximum absolute atomic E-state index is 11.9. The number of alkyl carbamates (subject to hydrolysis) is 1. The van der Waals surface area contributed by atoms with Gasteiger partial charge in [-0.2, -0.15) is 10.2 Å². The highest BCUT2D eigenvalue weighted by Crippen LogP contribution is 2.37. The highest BCUT2D eigenvalue weighted by Gasteiger charge is 2.32. The van der Waals surface area contributed by atoms with Gasteiger partial charge in [-0.15, -0.1) is 0 Å². The van der Waals surface area contributed by atoms with Gasteiger partial charge < -0.3 is 15.4 Å². The lowest BCUT2D eigenvalue weighted by molar-refractivity contribution is 0.0981. The van der Waals surface area contributed by atoms with Crippen LogP contribution >= 0.6 is 0 Å². The number of ether oxygens (including phenoxy) is 1. The van der Waals surface area contributed by atoms with E-state index in [-0.39, 0.29) is 35.3 Å². The lowest BCUT2D eigenvalue weighted by atomic mass is 10.0. The van der Waals surface area contributed by atoms with Crippen molar-refractivity contribution >= 4 is 17.7 Å². The van der Waals surface area contributed by atoms with E-state index >= 15 is 0 Å². The van der Waals surface area contributed by atoms with Crippen LogP contribution in [0.4, 0.5) is 16.4 Å². The summed E-state index contributed by atoms with van der Waals surface area (Å²) in [7, 11) is 1.62. The van der Waals surface area contributed by atoms with Crippen molar-refractivity contribution < 1.29 is 9.53 Å². The largest absolute Gasteiger partial charge is 0.446 e. The van der Waals surface area contributed by atoms with Crippen molar-refractivity contribution in [2.24, 2.45) is 7.05 Å². The fourth-order valence-corrected chi connectivity index (χ4v) is 3.64. The molecule has 1 fully saturated rings. The van der Waals surface area contributed by atoms with Crippen LogP contribution in [0, 0.1) is 0 Å². The number of anilines is 2. The molecule has 2 atom stereocenters. The zero-order valence-electron chi connectivity index (χ0n) is 18.6. The summed E-state index contributed by atoms with van der Waals surface area (Å²) in [5.41, 5.74) is 0.559. The standard InChI is InChI=1S/C21H32N6O3/c1-13(2)22-20(29)30-15-8-7-14(11-15)16-12-18(27(24-16)21(3,4)5)23-17-9-10-19(28)26(6)25-17/h9-10,12-15H,7-8,11H2,1-6H3,(H,22,29)(H,23,25)/t14-,15+/m0/s1. The van der Waals surface area contributed by atoms with Gasteiger partial charge in [0.1, 0.15) is 11.9 Å². The van der Waals surface area contributed by atoms with E-state index in [1.54, 1.807) is 13.1 Å². The summed E-state index contributed by atoms with van der Waals surface area (Å²) in [6.07, 6.45) is 2.03. The topological polar surface area (TPSA) is 103 Å². The van der Waals surface area contributed by atoms with E-state index in [0.717, 1.165) is 30.8 Å². The van der Waals surface area contributed by atoms with Gasteiger partial charge in [-0.3, -0.25) is 4.79 Å². The Morgan fingerprint density at radius 2 is 1.97 bits per heavy atom. The SMILES string of the molecule is CC(C)NC(=O)O[C@@H]1CC[C@H](c2cc(Nc3ccc(=O)n(C)n3)n(C(C)(C)C)n2)C1. The van der Waals surface area contributed by atoms with E-state index in [0.29, 0.717) is 5.82 Å². The molecular formula is C21H32N6O3. The number of hydrogen-bond acceptors (Lipinski definition) is 6. The summed E-state index contributed by atoms with van der Waals surface area (Å²) in [5, 5.41) is 15.2. The zero-order valence-corrected chi connectivity index (χ0v) is 18.6. The molecular weight excluding hydrogens is 384 g/mol. The third-order valence-corrected chi connectivity index (χ3v) is 5.06. The minimum Gasteiger partial charge on any atom is -0.446 e. The van der Waals surface area contributed by atoms with Crippen molar-refractivity contribution in [3.05, 3.63) is 34.2 Å². The lowest BCUT2D eigenvalue weighted by Crippen LogP contribution is -2.33. The second-order valence-corrected chi connectivity index (χ2v) is 9.18. The van der Waals surface area contributed by atoms with Crippen LogP contribution < -0.4 is 16.2 Å². The quantitative estimate of drug-likeness (QED) is 0.776. The van der Waals surface area contributed by atoms with Gasteiger partial charge in [0, 0.05) is 31.1 Å². The second kappa shape index (κ2) is 8.49. The maximum atomic E-state index is 11.9. The fraction of sp³-hybridized carbons (Fsp3) is 0.619. The highest BCUT2D eigenvalue weighted by molar-refractivity contribution is 5.67. The summed E-state index contributed by atoms with van der Waals surface area (Å²) < 4.78 is 8.79. The molecule has 0 radical (unpaired) electrons. The minimum absolute atomic E-state index is 0.0527. The third-order valence-electron chi connectivity index (χ3n) is 5.06. The summed E-state index contributed by atoms with van der Waals surface area (Å²) in [4.78, 5) is 23.5. The van der Waals surface area contributed by atoms with Crippen LogP contribution in [0.3, 0.4) is 0 Å². The van der Waals surface area contributed by atoms with E-state index < -0.39 is 0 Å². The molecule has 0 bridgehead atoms. The van der Waals surface area contributed by atoms with Gasteiger partial charge >= 0.3 is 6.09 Å². The van der Waals surface area contributed by atoms with Crippen LogP contribution in [0.25, 0.3) is 0 Å². The van der Waals surface area contributed by atoms with Crippen molar-refractivity contribution in [1.82, 2.24) is 24.9 Å². The molecule has 2 heterocycles. The molecule has 1 aliphatic carbocycles. The van der Waals surface area contributed by atoms with Gasteiger partial charge in [-0.1, -0.05) is 0 Å². The Kier molecular flexibility index (Phi) is 6.19. The smallest absolute Gasteiger partial charge is 0.407 e. The number of hydrogen-bond donors (Lipinski definition) is 2. The van der Waals surface area contributed by atoms with Crippen molar-refractivity contribution in [1.29, 1.82) is 0 Å². The maximum Gasteiger partial charge on any atom is 0.407 e. The van der Waals surface area contributed by atoms with Crippen molar-refractivity contribution in [3.63, 3.8) is 0 Å². The number of aryl methyl sites for hydroxylation is 1. The number of nitrogens with zero attached hydrogens (tertiary/aromatic N) is 4. The van der Waals surface area contributed by atoms with E-state index in [9.17, 15) is 9.59 Å². The minimum atomic E-state index is -0.362. The molecule has 9 heteroatoms. The zero-order chi connectivity index (χ0) is 22.1. The van der Waals surface area contributed by atoms with Crippen LogP contribution in [0.5, 0.6) is 0 Å². The first-order chi connectivity index (χ1) is 14.0. The van der Waals surface area contributed by atoms with Gasteiger partial charge in [0.15, 0.2) is 5.82 Å². The first-order valence-corrected chi connectivity index (χ1v) is 10.4. The number of rotatable bonds is 5. The fourth-order valence-electron chi connectivity index (χ4n) is 3.64. The summed E-state index contributed by atoms with van der Waals surface area (Å²) in [6.45, 7) is 10.1. The van der Waals surface area contributed by atoms with E-state index in [2.05, 4.69) is 36.5 Å². The third kappa shape index (κ3) is 5.20. The summed E-state index contributed by atoms with van der Waals surface area (Å²) >= 11 is 0. The molecule has 30 heavy (non-hydrogen) atoms. The molecule has 2 N–H and O–H groups in total. The first kappa shape index (κ1) is 21.9. The van der Waals surface area contributed by atoms with Crippen molar-refractivity contribution in [2.75, 3.05) is 5.32 Å². The van der Waals surface area contributed by atoms with E-state index in [1.165, 1.54) is 10.7 Å². The monoisotopic (exact) mass is 416 g/mol. The predicted octanol–water partition coefficient (Wildman–Crippen LogP) is 3.25. The van der Waals surface area contributed by atoms with E-state index in [1.807, 2.05) is 24.6 Å². The molecule has 0 unspecified atom stereocenters. The van der Waals surface area contributed by atoms with Crippen LogP contribution in [-0.4, -0.2) is 37.8 Å². The van der Waals surface area contributed by atoms with Crippen LogP contribution in [0.15, 0.2) is 23.0 Å². The van der Waals surface area contributed by atoms with Crippen LogP contribution in [0.2, 0.25) is 0 Å². The summed E-state index contributed by atoms with van der Waals surface area (Å²) in [5.74, 6) is 1.61. The Bertz CT molecular complexity index is 956. The molecule has 0 aromatic carbocycles. The van der Waals surface area contributed by atoms with E-state index in [4.69, 9.17) is 9.84 Å². The highest BCUT2D eigenvalue weighted by atomic mass is 16.6. The van der Waals surface area contributed by atoms with Gasteiger partial charge in [-0.25, -0.2) is 14.2 Å². The summed E-state index contributed by atoms with van der Waals surface area (Å²) in [6, 6.07) is 5.22. The Labute approximate surface area is 176 Å². The van der Waals surface area contributed by atoms with Crippen molar-refractivity contribution in [2.45, 2.75) is 77.5 Å². The Balaban J connectivity index is 1.77. The molecule has 1 aliphatic rings. The number of carbonyl (C=O) groups is 1. The Morgan fingerprint density at radius 3 is 2.60 bits per heavy atom. The molecule has 3 rings (SSSR count). The van der Waals surface area contributed by atoms with Gasteiger partial charge in [0.05, 0.1) is 11.2 Å². The molecule has 0 saturated heterocycles. The lowest BCUT2D eigenvalue weighted by Gasteiger charge is -2.22. The second-order valence-electron chi connectivity index (χ2n) is 9.18. The molecule has 2 aromatic heterocycles. The van der Waals surface area contributed by atoms with Crippen LogP contribution in [0.1, 0.15) is 65.5 Å². The van der Waals surface area contributed by atoms with Crippen LogP contribution in [-0.2, 0) is 17.3 Å². The first-order valence-electron chi connectivity index (χ1n) is 10.4. The van der Waals surface area contributed by atoms with Gasteiger partial charge in [-0.05, 0) is 59.9 Å². The van der Waals surface area contributed by atoms with Crippen molar-refractivity contribution in [3.8, 4) is 0 Å². The molecule has 1 amide bonds.